The molecule has 17 atom stereocenters. The van der Waals surface area contributed by atoms with Gasteiger partial charge in [0.05, 0.1) is 38.0 Å². The van der Waals surface area contributed by atoms with Gasteiger partial charge in [-0.3, -0.25) is 112 Å². The zero-order valence-electron chi connectivity index (χ0n) is 85.7. The van der Waals surface area contributed by atoms with Crippen molar-refractivity contribution in [3.8, 4) is 5.75 Å². The Kier molecular flexibility index (Phi) is 46.4. The number of aliphatic carboxylic acids is 1. The third kappa shape index (κ3) is 35.3. The van der Waals surface area contributed by atoms with Crippen molar-refractivity contribution in [2.75, 3.05) is 78.5 Å². The van der Waals surface area contributed by atoms with E-state index in [1.807, 2.05) is 0 Å². The Labute approximate surface area is 867 Å². The molecular weight excluding hydrogens is 1960 g/mol. The van der Waals surface area contributed by atoms with Gasteiger partial charge in [0.1, 0.15) is 102 Å². The van der Waals surface area contributed by atoms with E-state index in [-0.39, 0.29) is 199 Å². The number of nitrogens with zero attached hydrogens (tertiary/aromatic N) is 8. The number of aromatic nitrogens is 2. The van der Waals surface area contributed by atoms with Gasteiger partial charge in [-0.15, -0.1) is 0 Å². The molecule has 1 aromatic heterocycles. The van der Waals surface area contributed by atoms with Gasteiger partial charge < -0.3 is 159 Å². The molecule has 150 heavy (non-hydrogen) atoms. The van der Waals surface area contributed by atoms with Gasteiger partial charge in [0.15, 0.2) is 17.9 Å². The van der Waals surface area contributed by atoms with Crippen LogP contribution in [0.3, 0.4) is 0 Å². The summed E-state index contributed by atoms with van der Waals surface area (Å²) in [4.78, 5) is 314. The van der Waals surface area contributed by atoms with Gasteiger partial charge in [-0.2, -0.15) is 0 Å². The number of imidazole rings is 1. The normalized spacial score (nSPS) is 19.5. The number of H-pyrrole nitrogens is 1. The highest BCUT2D eigenvalue weighted by Crippen LogP contribution is 2.31. The van der Waals surface area contributed by atoms with Crippen molar-refractivity contribution < 1.29 is 111 Å². The number of guanidine groups is 3. The lowest BCUT2D eigenvalue weighted by Gasteiger charge is -2.35. The van der Waals surface area contributed by atoms with E-state index in [1.54, 1.807) is 41.5 Å². The lowest BCUT2D eigenvalue weighted by atomic mass is 9.96. The van der Waals surface area contributed by atoms with Gasteiger partial charge >= 0.3 is 5.97 Å². The van der Waals surface area contributed by atoms with Crippen LogP contribution in [0.4, 0.5) is 0 Å². The number of benzene rings is 1. The van der Waals surface area contributed by atoms with E-state index in [2.05, 4.69) is 79.1 Å². The van der Waals surface area contributed by atoms with Crippen molar-refractivity contribution in [2.45, 2.75) is 299 Å². The summed E-state index contributed by atoms with van der Waals surface area (Å²) in [6.45, 7) is 8.92. The molecule has 33 N–H and O–H groups in total. The predicted octanol–water partition coefficient (Wildman–Crippen LogP) is -8.27. The van der Waals surface area contributed by atoms with E-state index in [0.29, 0.717) is 30.5 Å². The smallest absolute Gasteiger partial charge is 0.326 e. The third-order valence-corrected chi connectivity index (χ3v) is 27.3. The number of carboxylic acid groups (broad SMARTS) is 1. The number of carbonyl (C=O) groups excluding carboxylic acids is 20. The molecule has 0 bridgehead atoms. The van der Waals surface area contributed by atoms with Gasteiger partial charge in [-0.25, -0.2) is 9.78 Å². The Morgan fingerprint density at radius 2 is 0.847 bits per heavy atom. The summed E-state index contributed by atoms with van der Waals surface area (Å²) in [6.07, 6.45) is 2.33. The largest absolute Gasteiger partial charge is 0.508 e. The van der Waals surface area contributed by atoms with Crippen LogP contribution in [0.2, 0.25) is 0 Å². The van der Waals surface area contributed by atoms with Crippen molar-refractivity contribution >= 4 is 142 Å². The Bertz CT molecular complexity index is 5170. The molecule has 7 heterocycles. The van der Waals surface area contributed by atoms with Crippen molar-refractivity contribution in [1.82, 2.24) is 113 Å². The van der Waals surface area contributed by atoms with Crippen LogP contribution < -0.4 is 109 Å². The highest BCUT2D eigenvalue weighted by molar-refractivity contribution is 6.03. The molecule has 8 rings (SSSR count). The first-order chi connectivity index (χ1) is 71.1. The number of phenolic OH excluding ortho intramolecular Hbond substituents is 1. The van der Waals surface area contributed by atoms with Crippen molar-refractivity contribution in [3.05, 3.63) is 48.0 Å². The summed E-state index contributed by atoms with van der Waals surface area (Å²) >= 11 is 0. The van der Waals surface area contributed by atoms with Crippen LogP contribution in [0.5, 0.6) is 5.75 Å². The number of nitrogens with two attached hydrogens (primary N) is 7. The molecule has 55 nitrogen and oxygen atoms in total. The quantitative estimate of drug-likeness (QED) is 0.0166. The molecule has 20 amide bonds. The van der Waals surface area contributed by atoms with E-state index in [1.165, 1.54) is 66.2 Å². The SMILES string of the molecule is CC[C@H](C)[C@H](NC(=O)[C@H](Cc1ccc(O)cc1)NC(=O)[C@@H](NC(=O)[C@@H]1CCCN1C(=O)[C@H](CCCNC(=N)N)NC(=O)[C@H](CC(N)=O)NC(=O)[C@H](CC(N)=O)NC(=O)CN)C(C)C)C(=O)N1CCC[C@H]1C(=O)N[C@@H](CCC(N)=O)C(=O)N1CCC[C@H]1C(=O)N[C@@H](CCCNC(=N)N)C(=O)N1CCC[C@H]1C(=O)N1CCC[C@H]1C(=O)N[C@@H](Cc1c[nH]cn1)C(=O)N1CCC[C@H]1C(=O)N(CCCNC(=N)N)CC(=O)N[C@@H](CC(C)C)C(=O)O. The number of aromatic amines is 1. The second-order valence-corrected chi connectivity index (χ2v) is 39.4. The van der Waals surface area contributed by atoms with E-state index in [0.717, 1.165) is 4.90 Å². The lowest BCUT2D eigenvalue weighted by Crippen LogP contribution is -2.62. The van der Waals surface area contributed by atoms with Crippen molar-refractivity contribution in [2.24, 2.45) is 57.9 Å². The summed E-state index contributed by atoms with van der Waals surface area (Å²) < 4.78 is 0. The molecule has 6 aliphatic rings. The summed E-state index contributed by atoms with van der Waals surface area (Å²) in [5.41, 5.74) is 39.3. The van der Waals surface area contributed by atoms with Crippen molar-refractivity contribution in [1.29, 1.82) is 16.2 Å². The molecule has 0 unspecified atom stereocenters. The number of primary amides is 3. The second kappa shape index (κ2) is 58.0. The Hall–Kier alpha value is -15.1. The summed E-state index contributed by atoms with van der Waals surface area (Å²) in [7, 11) is 0. The number of rotatable bonds is 57. The van der Waals surface area contributed by atoms with Gasteiger partial charge in [-0.1, -0.05) is 60.1 Å². The van der Waals surface area contributed by atoms with Gasteiger partial charge in [-0.05, 0) is 157 Å². The molecule has 6 fully saturated rings. The molecule has 6 aliphatic heterocycles. The molecule has 2 aromatic rings. The average Bonchev–Trinajstić information content (AvgIpc) is 1.64. The molecular formula is C95H150N32O23. The Balaban J connectivity index is 0.957. The van der Waals surface area contributed by atoms with E-state index >= 15 is 38.4 Å². The minimum atomic E-state index is -1.83. The topological polar surface area (TPSA) is 860 Å². The monoisotopic (exact) mass is 2110 g/mol. The second-order valence-electron chi connectivity index (χ2n) is 39.4. The first-order valence-corrected chi connectivity index (χ1v) is 51.0. The molecule has 6 saturated heterocycles. The van der Waals surface area contributed by atoms with E-state index in [4.69, 9.17) is 56.4 Å². The lowest BCUT2D eigenvalue weighted by molar-refractivity contribution is -0.149. The molecule has 0 aliphatic carbocycles. The maximum atomic E-state index is 15.4. The first-order valence-electron chi connectivity index (χ1n) is 51.0. The average molecular weight is 2110 g/mol. The van der Waals surface area contributed by atoms with Crippen LogP contribution in [0.25, 0.3) is 0 Å². The minimum Gasteiger partial charge on any atom is -0.508 e. The number of aromatic hydroxyl groups is 1. The van der Waals surface area contributed by atoms with Crippen LogP contribution in [0, 0.1) is 34.0 Å². The van der Waals surface area contributed by atoms with Crippen LogP contribution in [-0.2, 0) is 114 Å². The Morgan fingerprint density at radius 1 is 0.440 bits per heavy atom. The van der Waals surface area contributed by atoms with Crippen molar-refractivity contribution in [3.63, 3.8) is 0 Å². The fraction of sp³-hybridized carbons (Fsp3) is 0.653. The standard InChI is InChI=1S/C95H150N32O23/c1-7-52(6)76(120-79(136)59(42-53-25-27-55(128)28-26-53)117-84(141)75(51(4)5)119-83(140)67-22-11-36-123(67)85(142)56(17-8-31-107-93(100)101)113-78(135)61(45-72(99)131)116-77(134)60(44-71(98)130)111-73(132)46-96)91(148)125-38-13-21-66(125)81(138)115-58(29-30-70(97)129)87(144)122-35-10-19-64(122)80(137)114-57(18-9-32-108-94(102)103)86(143)127-40-15-24-69(127)90(147)124-37-12-20-65(124)82(139)118-62(43-54-47-106-49-110-54)88(145)126-39-14-23-68(126)89(146)121(34-16-33-109-95(104)105)48-74(133)112-63(92(149)150)41-50(2)3/h25-28,47,49-52,56-69,75-76,128H,7-24,29-46,48,96H2,1-6H3,(H2,97,129)(H2,98,130)(H2,99,131)(H,106,110)(H,111,132)(H,112,133)(H,113,135)(H,114,137)(H,115,138)(H,116,134)(H,117,141)(H,118,139)(H,119,140)(H,120,136)(H,149,150)(H4,100,101,107)(H4,102,103,108)(H4,104,105,109)/t52-,56-,57-,58-,59-,60-,61-,62-,63-,64-,65-,66-,67-,68-,69-,75-,76-/m0/s1. The summed E-state index contributed by atoms with van der Waals surface area (Å²) in [6, 6.07) is -17.0. The third-order valence-electron chi connectivity index (χ3n) is 27.3. The number of phenols is 1. The molecule has 0 radical (unpaired) electrons. The summed E-state index contributed by atoms with van der Waals surface area (Å²) in [5, 5.41) is 77.4. The van der Waals surface area contributed by atoms with E-state index in [9.17, 15) is 72.5 Å². The predicted molar refractivity (Wildman–Crippen MR) is 538 cm³/mol. The molecule has 828 valence electrons. The number of amides is 20. The summed E-state index contributed by atoms with van der Waals surface area (Å²) in [5.74, 6) is -21.4. The number of carboxylic acids is 1. The zero-order chi connectivity index (χ0) is 111. The van der Waals surface area contributed by atoms with E-state index < -0.39 is 283 Å². The van der Waals surface area contributed by atoms with Gasteiger partial charge in [0.25, 0.3) is 0 Å². The molecule has 0 spiro atoms. The fourth-order valence-electron chi connectivity index (χ4n) is 19.4. The van der Waals surface area contributed by atoms with Crippen LogP contribution in [-0.4, -0.2) is 372 Å². The van der Waals surface area contributed by atoms with Gasteiger partial charge in [0.2, 0.25) is 118 Å². The zero-order valence-corrected chi connectivity index (χ0v) is 85.7. The Morgan fingerprint density at radius 3 is 1.31 bits per heavy atom. The molecule has 0 saturated carbocycles. The number of hydrogen-bond donors (Lipinski definition) is 26. The molecule has 1 aromatic carbocycles. The van der Waals surface area contributed by atoms with Gasteiger partial charge in [0, 0.05) is 90.9 Å². The van der Waals surface area contributed by atoms with Crippen LogP contribution in [0.15, 0.2) is 36.8 Å². The number of carbonyl (C=O) groups is 21. The maximum Gasteiger partial charge on any atom is 0.326 e. The number of hydrogen-bond acceptors (Lipinski definition) is 27. The highest BCUT2D eigenvalue weighted by atomic mass is 16.4. The van der Waals surface area contributed by atoms with Crippen LogP contribution >= 0.6 is 0 Å². The number of likely N-dealkylation sites (tertiary alicyclic amines) is 6. The minimum absolute atomic E-state index is 0.00697. The number of nitrogens with one attached hydrogen (secondary N) is 17. The molecule has 55 heteroatoms. The van der Waals surface area contributed by atoms with Crippen LogP contribution in [0.1, 0.15) is 200 Å². The maximum absolute atomic E-state index is 15.4. The first kappa shape index (κ1) is 120. The fourth-order valence-corrected chi connectivity index (χ4v) is 19.4. The highest BCUT2D eigenvalue weighted by Gasteiger charge is 2.50.